The van der Waals surface area contributed by atoms with E-state index in [-0.39, 0.29) is 48.9 Å². The SMILES string of the molecule is CCNc1cc(-c2ccc(F)cc2-c2nncn2C)cc(N2Cc3c(cc(COCCO)cc3C(F)(F)F)C2=O)n1. The summed E-state index contributed by atoms with van der Waals surface area (Å²) in [6.07, 6.45) is -3.23. The molecule has 1 amide bonds. The number of alkyl halides is 3. The number of fused-ring (bicyclic) bond motifs is 1. The summed E-state index contributed by atoms with van der Waals surface area (Å²) in [6.45, 7) is 1.46. The van der Waals surface area contributed by atoms with Crippen LogP contribution >= 0.6 is 0 Å². The fraction of sp³-hybridized carbons (Fsp3) is 0.286. The molecule has 0 bridgehead atoms. The van der Waals surface area contributed by atoms with E-state index >= 15 is 0 Å². The molecule has 0 fully saturated rings. The van der Waals surface area contributed by atoms with Crippen molar-refractivity contribution in [2.45, 2.75) is 26.3 Å². The first-order valence-corrected chi connectivity index (χ1v) is 12.7. The van der Waals surface area contributed by atoms with Crippen LogP contribution in [0.5, 0.6) is 0 Å². The van der Waals surface area contributed by atoms with Gasteiger partial charge in [-0.15, -0.1) is 10.2 Å². The number of amides is 1. The average molecular weight is 571 g/mol. The van der Waals surface area contributed by atoms with Crippen LogP contribution in [0.1, 0.15) is 34.0 Å². The topological polar surface area (TPSA) is 105 Å². The zero-order valence-electron chi connectivity index (χ0n) is 22.2. The molecule has 1 aliphatic rings. The second-order valence-corrected chi connectivity index (χ2v) is 9.42. The normalized spacial score (nSPS) is 13.1. The molecule has 0 atom stereocenters. The minimum Gasteiger partial charge on any atom is -0.394 e. The molecule has 13 heteroatoms. The molecule has 4 aromatic rings. The number of aliphatic hydroxyl groups is 1. The molecular formula is C28H26F4N6O3. The predicted molar refractivity (Wildman–Crippen MR) is 142 cm³/mol. The third-order valence-corrected chi connectivity index (χ3v) is 6.60. The number of carbonyl (C=O) groups is 1. The van der Waals surface area contributed by atoms with Crippen LogP contribution in [0.4, 0.5) is 29.2 Å². The Labute approximate surface area is 232 Å². The zero-order valence-corrected chi connectivity index (χ0v) is 22.2. The molecule has 2 aromatic carbocycles. The molecule has 214 valence electrons. The number of benzene rings is 2. The van der Waals surface area contributed by atoms with Crippen LogP contribution in [0.25, 0.3) is 22.5 Å². The summed E-state index contributed by atoms with van der Waals surface area (Å²) >= 11 is 0. The highest BCUT2D eigenvalue weighted by atomic mass is 19.4. The van der Waals surface area contributed by atoms with Crippen molar-refractivity contribution in [3.8, 4) is 22.5 Å². The van der Waals surface area contributed by atoms with E-state index in [0.29, 0.717) is 34.9 Å². The number of aliphatic hydroxyl groups excluding tert-OH is 1. The van der Waals surface area contributed by atoms with Gasteiger partial charge in [0.2, 0.25) is 0 Å². The van der Waals surface area contributed by atoms with Crippen molar-refractivity contribution in [2.75, 3.05) is 30.0 Å². The van der Waals surface area contributed by atoms with Crippen molar-refractivity contribution in [2.24, 2.45) is 7.05 Å². The van der Waals surface area contributed by atoms with Crippen LogP contribution in [0.2, 0.25) is 0 Å². The van der Waals surface area contributed by atoms with E-state index < -0.39 is 23.5 Å². The maximum atomic E-state index is 14.3. The van der Waals surface area contributed by atoms with Gasteiger partial charge in [-0.05, 0) is 65.6 Å². The maximum absolute atomic E-state index is 14.3. The number of carbonyl (C=O) groups excluding carboxylic acids is 1. The number of pyridine rings is 1. The molecule has 0 aliphatic carbocycles. The van der Waals surface area contributed by atoms with Gasteiger partial charge in [-0.2, -0.15) is 13.2 Å². The highest BCUT2D eigenvalue weighted by Crippen LogP contribution is 2.41. The van der Waals surface area contributed by atoms with E-state index in [0.717, 1.165) is 6.07 Å². The number of ether oxygens (including phenoxy) is 1. The number of nitrogens with zero attached hydrogens (tertiary/aromatic N) is 5. The number of hydrogen-bond acceptors (Lipinski definition) is 7. The van der Waals surface area contributed by atoms with Gasteiger partial charge in [-0.3, -0.25) is 9.69 Å². The Morgan fingerprint density at radius 1 is 1.10 bits per heavy atom. The third-order valence-electron chi connectivity index (χ3n) is 6.60. The lowest BCUT2D eigenvalue weighted by Crippen LogP contribution is -2.24. The quantitative estimate of drug-likeness (QED) is 0.220. The van der Waals surface area contributed by atoms with Crippen LogP contribution in [0, 0.1) is 5.82 Å². The fourth-order valence-electron chi connectivity index (χ4n) is 4.81. The van der Waals surface area contributed by atoms with E-state index in [4.69, 9.17) is 9.84 Å². The maximum Gasteiger partial charge on any atom is 0.416 e. The van der Waals surface area contributed by atoms with E-state index in [1.807, 2.05) is 6.92 Å². The molecule has 5 rings (SSSR count). The number of aromatic nitrogens is 4. The van der Waals surface area contributed by atoms with Crippen LogP contribution in [-0.4, -0.2) is 50.5 Å². The minimum atomic E-state index is -4.71. The molecule has 0 saturated carbocycles. The number of halogens is 4. The van der Waals surface area contributed by atoms with Crippen molar-refractivity contribution >= 4 is 17.5 Å². The molecule has 0 spiro atoms. The van der Waals surface area contributed by atoms with Crippen LogP contribution < -0.4 is 10.2 Å². The Morgan fingerprint density at radius 3 is 2.59 bits per heavy atom. The molecule has 41 heavy (non-hydrogen) atoms. The van der Waals surface area contributed by atoms with Crippen LogP contribution in [0.15, 0.2) is 48.8 Å². The first kappa shape index (κ1) is 28.2. The van der Waals surface area contributed by atoms with Crippen LogP contribution in [0.3, 0.4) is 0 Å². The first-order valence-electron chi connectivity index (χ1n) is 12.7. The Balaban J connectivity index is 1.61. The molecule has 0 saturated heterocycles. The predicted octanol–water partition coefficient (Wildman–Crippen LogP) is 4.80. The van der Waals surface area contributed by atoms with Crippen LogP contribution in [-0.2, 0) is 31.1 Å². The summed E-state index contributed by atoms with van der Waals surface area (Å²) in [6, 6.07) is 9.81. The Morgan fingerprint density at radius 2 is 1.90 bits per heavy atom. The van der Waals surface area contributed by atoms with Gasteiger partial charge >= 0.3 is 6.18 Å². The lowest BCUT2D eigenvalue weighted by molar-refractivity contribution is -0.138. The molecular weight excluding hydrogens is 544 g/mol. The van der Waals surface area contributed by atoms with Gasteiger partial charge in [-0.1, -0.05) is 6.07 Å². The van der Waals surface area contributed by atoms with Gasteiger partial charge in [0.1, 0.15) is 23.8 Å². The summed E-state index contributed by atoms with van der Waals surface area (Å²) in [5.41, 5.74) is 0.519. The summed E-state index contributed by atoms with van der Waals surface area (Å²) in [4.78, 5) is 19.3. The van der Waals surface area contributed by atoms with E-state index in [2.05, 4.69) is 20.5 Å². The van der Waals surface area contributed by atoms with Gasteiger partial charge in [0, 0.05) is 24.7 Å². The molecule has 2 aromatic heterocycles. The fourth-order valence-corrected chi connectivity index (χ4v) is 4.81. The number of anilines is 2. The van der Waals surface area contributed by atoms with Gasteiger partial charge in [0.25, 0.3) is 5.91 Å². The molecule has 2 N–H and O–H groups in total. The van der Waals surface area contributed by atoms with E-state index in [1.165, 1.54) is 29.4 Å². The summed E-state index contributed by atoms with van der Waals surface area (Å²) in [5, 5.41) is 20.0. The van der Waals surface area contributed by atoms with Crippen molar-refractivity contribution < 1.29 is 32.2 Å². The summed E-state index contributed by atoms with van der Waals surface area (Å²) < 4.78 is 63.4. The van der Waals surface area contributed by atoms with Crippen molar-refractivity contribution in [1.82, 2.24) is 19.7 Å². The first-order chi connectivity index (χ1) is 19.6. The third kappa shape index (κ3) is 5.63. The highest BCUT2D eigenvalue weighted by molar-refractivity contribution is 6.10. The van der Waals surface area contributed by atoms with Crippen molar-refractivity contribution in [1.29, 1.82) is 0 Å². The smallest absolute Gasteiger partial charge is 0.394 e. The Hall–Kier alpha value is -4.36. The lowest BCUT2D eigenvalue weighted by atomic mass is 9.99. The standard InChI is InChI=1S/C28H26F4N6O3/c1-3-33-24-10-17(19-5-4-18(29)12-20(19)26-36-34-15-37(26)2)11-25(35-24)38-13-22-21(27(38)40)8-16(14-41-7-6-39)9-23(22)28(30,31)32/h4-5,8-12,15,39H,3,6-7,13-14H2,1-2H3,(H,33,35). The molecule has 9 nitrogen and oxygen atoms in total. The number of rotatable bonds is 9. The van der Waals surface area contributed by atoms with Crippen molar-refractivity contribution in [3.05, 3.63) is 76.9 Å². The summed E-state index contributed by atoms with van der Waals surface area (Å²) in [7, 11) is 1.72. The summed E-state index contributed by atoms with van der Waals surface area (Å²) in [5.74, 6) is -0.227. The van der Waals surface area contributed by atoms with E-state index in [1.54, 1.807) is 29.8 Å². The van der Waals surface area contributed by atoms with E-state index in [9.17, 15) is 22.4 Å². The molecule has 0 radical (unpaired) electrons. The highest BCUT2D eigenvalue weighted by Gasteiger charge is 2.41. The lowest BCUT2D eigenvalue weighted by Gasteiger charge is -2.19. The van der Waals surface area contributed by atoms with Gasteiger partial charge < -0.3 is 19.7 Å². The number of hydrogen-bond donors (Lipinski definition) is 2. The van der Waals surface area contributed by atoms with Gasteiger partial charge in [0.05, 0.1) is 31.9 Å². The van der Waals surface area contributed by atoms with Gasteiger partial charge in [0.15, 0.2) is 5.82 Å². The van der Waals surface area contributed by atoms with Gasteiger partial charge in [-0.25, -0.2) is 9.37 Å². The second kappa shape index (κ2) is 11.3. The average Bonchev–Trinajstić information content (AvgIpc) is 3.50. The Bertz CT molecular complexity index is 1600. The number of nitrogens with one attached hydrogen (secondary N) is 1. The molecule has 3 heterocycles. The monoisotopic (exact) mass is 570 g/mol. The zero-order chi connectivity index (χ0) is 29.3. The second-order valence-electron chi connectivity index (χ2n) is 9.42. The molecule has 1 aliphatic heterocycles. The molecule has 0 unspecified atom stereocenters. The Kier molecular flexibility index (Phi) is 7.74. The largest absolute Gasteiger partial charge is 0.416 e. The minimum absolute atomic E-state index is 0.0534. The van der Waals surface area contributed by atoms with Crippen molar-refractivity contribution in [3.63, 3.8) is 0 Å². The number of aryl methyl sites for hydroxylation is 1.